The summed E-state index contributed by atoms with van der Waals surface area (Å²) in [6, 6.07) is 6.75. The summed E-state index contributed by atoms with van der Waals surface area (Å²) in [7, 11) is 0. The highest BCUT2D eigenvalue weighted by Crippen LogP contribution is 2.21. The minimum Gasteiger partial charge on any atom is -0.460 e. The van der Waals surface area contributed by atoms with Crippen molar-refractivity contribution in [2.24, 2.45) is 11.8 Å². The van der Waals surface area contributed by atoms with Gasteiger partial charge in [-0.15, -0.1) is 0 Å². The van der Waals surface area contributed by atoms with Crippen LogP contribution in [0.25, 0.3) is 0 Å². The Morgan fingerprint density at radius 1 is 0.943 bits per heavy atom. The molecule has 35 heavy (non-hydrogen) atoms. The van der Waals surface area contributed by atoms with Crippen LogP contribution in [0.3, 0.4) is 0 Å². The van der Waals surface area contributed by atoms with E-state index in [0.717, 1.165) is 24.8 Å². The number of benzene rings is 1. The monoisotopic (exact) mass is 487 g/mol. The van der Waals surface area contributed by atoms with E-state index in [9.17, 15) is 19.2 Å². The molecule has 0 radical (unpaired) electrons. The van der Waals surface area contributed by atoms with E-state index >= 15 is 0 Å². The van der Waals surface area contributed by atoms with Crippen molar-refractivity contribution in [3.63, 3.8) is 0 Å². The van der Waals surface area contributed by atoms with Gasteiger partial charge in [0.1, 0.15) is 24.2 Å². The molecule has 194 valence electrons. The number of unbranched alkanes of at least 4 members (excludes halogenated alkanes) is 1. The fraction of sp³-hybridized carbons (Fsp3) is 0.630. The highest BCUT2D eigenvalue weighted by Gasteiger charge is 2.35. The van der Waals surface area contributed by atoms with E-state index in [-0.39, 0.29) is 30.6 Å². The van der Waals surface area contributed by atoms with Gasteiger partial charge in [0.15, 0.2) is 0 Å². The van der Waals surface area contributed by atoms with E-state index in [1.165, 1.54) is 0 Å². The summed E-state index contributed by atoms with van der Waals surface area (Å²) in [5.74, 6) is -2.07. The van der Waals surface area contributed by atoms with Crippen LogP contribution in [0.1, 0.15) is 72.3 Å². The van der Waals surface area contributed by atoms with E-state index in [4.69, 9.17) is 4.74 Å². The fourth-order valence-electron chi connectivity index (χ4n) is 4.12. The van der Waals surface area contributed by atoms with Crippen LogP contribution < -0.4 is 16.0 Å². The number of hydrogen-bond acceptors (Lipinski definition) is 5. The number of hydrogen-bond donors (Lipinski definition) is 3. The van der Waals surface area contributed by atoms with Gasteiger partial charge in [-0.25, -0.2) is 4.79 Å². The van der Waals surface area contributed by atoms with E-state index in [2.05, 4.69) is 22.9 Å². The average molecular weight is 488 g/mol. The molecule has 0 saturated carbocycles. The molecule has 8 nitrogen and oxygen atoms in total. The van der Waals surface area contributed by atoms with Crippen molar-refractivity contribution in [3.8, 4) is 0 Å². The predicted octanol–water partition coefficient (Wildman–Crippen LogP) is 2.89. The molecule has 0 unspecified atom stereocenters. The first kappa shape index (κ1) is 28.3. The van der Waals surface area contributed by atoms with Crippen LogP contribution in [0.15, 0.2) is 30.3 Å². The van der Waals surface area contributed by atoms with Crippen LogP contribution in [-0.4, -0.2) is 47.9 Å². The van der Waals surface area contributed by atoms with Crippen LogP contribution in [0.5, 0.6) is 0 Å². The molecule has 3 N–H and O–H groups in total. The first-order valence-corrected chi connectivity index (χ1v) is 12.8. The summed E-state index contributed by atoms with van der Waals surface area (Å²) < 4.78 is 5.87. The van der Waals surface area contributed by atoms with Crippen molar-refractivity contribution in [1.82, 2.24) is 16.0 Å². The molecule has 1 aromatic rings. The topological polar surface area (TPSA) is 114 Å². The van der Waals surface area contributed by atoms with Gasteiger partial charge in [-0.3, -0.25) is 14.4 Å². The van der Waals surface area contributed by atoms with Crippen LogP contribution >= 0.6 is 0 Å². The van der Waals surface area contributed by atoms with E-state index in [1.54, 1.807) is 6.92 Å². The molecular weight excluding hydrogens is 446 g/mol. The minimum atomic E-state index is -0.892. The molecule has 0 aliphatic carbocycles. The highest BCUT2D eigenvalue weighted by atomic mass is 16.5. The molecule has 1 aliphatic heterocycles. The molecule has 1 saturated heterocycles. The molecule has 0 bridgehead atoms. The maximum atomic E-state index is 13.2. The molecule has 1 aromatic carbocycles. The quantitative estimate of drug-likeness (QED) is 0.488. The molecule has 2 rings (SSSR count). The number of amides is 3. The largest absolute Gasteiger partial charge is 0.460 e. The Balaban J connectivity index is 2.37. The Bertz CT molecular complexity index is 860. The highest BCUT2D eigenvalue weighted by molar-refractivity contribution is 5.94. The number of carbonyl (C=O) groups is 4. The number of carbonyl (C=O) groups excluding carboxylic acids is 4. The zero-order chi connectivity index (χ0) is 26.0. The molecular formula is C27H41N3O5. The molecule has 1 heterocycles. The Hall–Kier alpha value is -2.90. The van der Waals surface area contributed by atoms with Gasteiger partial charge in [-0.2, -0.15) is 0 Å². The van der Waals surface area contributed by atoms with E-state index < -0.39 is 42.0 Å². The van der Waals surface area contributed by atoms with Gasteiger partial charge < -0.3 is 20.7 Å². The Labute approximate surface area is 208 Å². The van der Waals surface area contributed by atoms with Crippen LogP contribution in [0.2, 0.25) is 0 Å². The first-order chi connectivity index (χ1) is 16.7. The lowest BCUT2D eigenvalue weighted by molar-refractivity contribution is -0.158. The third kappa shape index (κ3) is 8.67. The molecule has 1 aliphatic rings. The van der Waals surface area contributed by atoms with E-state index in [0.29, 0.717) is 6.42 Å². The third-order valence-electron chi connectivity index (χ3n) is 6.75. The summed E-state index contributed by atoms with van der Waals surface area (Å²) in [6.45, 7) is 9.40. The summed E-state index contributed by atoms with van der Waals surface area (Å²) >= 11 is 0. The second-order valence-electron chi connectivity index (χ2n) is 9.71. The molecule has 6 atom stereocenters. The van der Waals surface area contributed by atoms with Gasteiger partial charge in [-0.05, 0) is 30.7 Å². The Kier molecular flexibility index (Phi) is 11.2. The Morgan fingerprint density at radius 2 is 1.63 bits per heavy atom. The van der Waals surface area contributed by atoms with Gasteiger partial charge in [0.25, 0.3) is 0 Å². The summed E-state index contributed by atoms with van der Waals surface area (Å²) in [4.78, 5) is 52.3. The van der Waals surface area contributed by atoms with Gasteiger partial charge in [0.05, 0.1) is 6.42 Å². The van der Waals surface area contributed by atoms with Crippen molar-refractivity contribution in [3.05, 3.63) is 35.9 Å². The van der Waals surface area contributed by atoms with Crippen LogP contribution in [-0.2, 0) is 30.3 Å². The van der Waals surface area contributed by atoms with Crippen molar-refractivity contribution in [2.45, 2.75) is 97.4 Å². The fourth-order valence-corrected chi connectivity index (χ4v) is 4.12. The second kappa shape index (κ2) is 13.9. The number of esters is 1. The lowest BCUT2D eigenvalue weighted by Crippen LogP contribution is -2.55. The van der Waals surface area contributed by atoms with Crippen molar-refractivity contribution in [2.75, 3.05) is 0 Å². The summed E-state index contributed by atoms with van der Waals surface area (Å²) in [6.07, 6.45) is 2.95. The maximum absolute atomic E-state index is 13.2. The number of ether oxygens (including phenoxy) is 1. The summed E-state index contributed by atoms with van der Waals surface area (Å²) in [5, 5.41) is 8.28. The van der Waals surface area contributed by atoms with Crippen molar-refractivity contribution in [1.29, 1.82) is 0 Å². The van der Waals surface area contributed by atoms with Crippen molar-refractivity contribution < 1.29 is 23.9 Å². The zero-order valence-electron chi connectivity index (χ0n) is 21.6. The molecule has 0 spiro atoms. The predicted molar refractivity (Wildman–Crippen MR) is 134 cm³/mol. The third-order valence-corrected chi connectivity index (χ3v) is 6.75. The standard InChI is InChI=1S/C27H41N3O5/c1-6-8-12-18(4)22-16-23(31)29-21(15-20-13-10-9-11-14-20)26(33)28-19(5)25(32)30-24(17(3)7-2)27(34)35-22/h9-11,13-14,17-19,21-22,24H,6-8,12,15-16H2,1-5H3,(H,28,33)(H,29,31)(H,30,32)/t17-,18-,19+,21-,22-,24+/m0/s1. The normalized spacial score (nSPS) is 26.1. The lowest BCUT2D eigenvalue weighted by Gasteiger charge is -2.29. The number of cyclic esters (lactones) is 1. The van der Waals surface area contributed by atoms with Crippen LogP contribution in [0, 0.1) is 11.8 Å². The zero-order valence-corrected chi connectivity index (χ0v) is 21.6. The summed E-state index contributed by atoms with van der Waals surface area (Å²) in [5.41, 5.74) is 0.880. The smallest absolute Gasteiger partial charge is 0.329 e. The first-order valence-electron chi connectivity index (χ1n) is 12.8. The molecule has 8 heteroatoms. The molecule has 0 aromatic heterocycles. The Morgan fingerprint density at radius 3 is 2.26 bits per heavy atom. The lowest BCUT2D eigenvalue weighted by atomic mass is 9.94. The average Bonchev–Trinajstić information content (AvgIpc) is 2.84. The van der Waals surface area contributed by atoms with Gasteiger partial charge in [0.2, 0.25) is 17.7 Å². The minimum absolute atomic E-state index is 0.0497. The van der Waals surface area contributed by atoms with Crippen molar-refractivity contribution >= 4 is 23.7 Å². The second-order valence-corrected chi connectivity index (χ2v) is 9.71. The number of rotatable bonds is 8. The molecule has 1 fully saturated rings. The SMILES string of the molecule is CCCC[C@H](C)[C@@H]1CC(=O)N[C@@H](Cc2ccccc2)C(=O)N[C@H](C)C(=O)N[C@H]([C@@H](C)CC)C(=O)O1. The van der Waals surface area contributed by atoms with E-state index in [1.807, 2.05) is 51.1 Å². The van der Waals surface area contributed by atoms with Gasteiger partial charge in [0, 0.05) is 6.42 Å². The van der Waals surface area contributed by atoms with Gasteiger partial charge >= 0.3 is 5.97 Å². The molecule has 3 amide bonds. The maximum Gasteiger partial charge on any atom is 0.329 e. The van der Waals surface area contributed by atoms with Crippen LogP contribution in [0.4, 0.5) is 0 Å². The van der Waals surface area contributed by atoms with Gasteiger partial charge in [-0.1, -0.05) is 77.3 Å². The number of nitrogens with one attached hydrogen (secondary N) is 3.